The fourth-order valence-electron chi connectivity index (χ4n) is 2.39. The van der Waals surface area contributed by atoms with Gasteiger partial charge in [-0.3, -0.25) is 9.59 Å². The van der Waals surface area contributed by atoms with Crippen molar-refractivity contribution in [3.63, 3.8) is 0 Å². The first kappa shape index (κ1) is 20.9. The van der Waals surface area contributed by atoms with Gasteiger partial charge in [-0.2, -0.15) is 0 Å². The van der Waals surface area contributed by atoms with Crippen LogP contribution < -0.4 is 10.1 Å². The summed E-state index contributed by atoms with van der Waals surface area (Å²) >= 11 is 1.34. The maximum Gasteiger partial charge on any atom is 0.254 e. The van der Waals surface area contributed by atoms with Gasteiger partial charge in [-0.15, -0.1) is 11.3 Å². The summed E-state index contributed by atoms with van der Waals surface area (Å²) in [5.74, 6) is 0.272. The zero-order chi connectivity index (χ0) is 19.9. The molecule has 146 valence electrons. The molecule has 0 saturated heterocycles. The lowest BCUT2D eigenvalue weighted by Crippen LogP contribution is -2.49. The molecule has 2 amide bonds. The molecule has 0 aliphatic heterocycles. The van der Waals surface area contributed by atoms with E-state index in [1.54, 1.807) is 40.7 Å². The summed E-state index contributed by atoms with van der Waals surface area (Å²) in [6.07, 6.45) is 3.68. The van der Waals surface area contributed by atoms with Crippen LogP contribution in [0.4, 0.5) is 5.13 Å². The van der Waals surface area contributed by atoms with Gasteiger partial charge >= 0.3 is 0 Å². The molecule has 1 aromatic carbocycles. The molecule has 0 unspecified atom stereocenters. The molecule has 6 nitrogen and oxygen atoms in total. The van der Waals surface area contributed by atoms with Crippen LogP contribution in [-0.4, -0.2) is 40.4 Å². The second-order valence-corrected chi connectivity index (χ2v) is 8.07. The van der Waals surface area contributed by atoms with Crippen molar-refractivity contribution in [3.05, 3.63) is 41.4 Å². The third-order valence-electron chi connectivity index (χ3n) is 3.90. The number of amides is 2. The maximum atomic E-state index is 13.0. The van der Waals surface area contributed by atoms with Gasteiger partial charge in [0.05, 0.1) is 6.61 Å². The van der Waals surface area contributed by atoms with E-state index < -0.39 is 5.54 Å². The predicted octanol–water partition coefficient (Wildman–Crippen LogP) is 4.20. The highest BCUT2D eigenvalue weighted by Gasteiger charge is 2.29. The van der Waals surface area contributed by atoms with Crippen molar-refractivity contribution < 1.29 is 14.3 Å². The molecule has 2 rings (SSSR count). The van der Waals surface area contributed by atoms with Crippen molar-refractivity contribution in [3.8, 4) is 5.75 Å². The van der Waals surface area contributed by atoms with Gasteiger partial charge in [-0.1, -0.05) is 13.3 Å². The number of thiazole rings is 1. The maximum absolute atomic E-state index is 13.0. The molecule has 0 spiro atoms. The number of nitrogens with one attached hydrogen (secondary N) is 1. The molecule has 0 aliphatic carbocycles. The highest BCUT2D eigenvalue weighted by atomic mass is 32.1. The molecular formula is C20H27N3O3S. The molecule has 1 heterocycles. The molecule has 1 N–H and O–H groups in total. The number of rotatable bonds is 8. The zero-order valence-corrected chi connectivity index (χ0v) is 17.1. The van der Waals surface area contributed by atoms with Crippen molar-refractivity contribution in [2.45, 2.75) is 46.1 Å². The van der Waals surface area contributed by atoms with Gasteiger partial charge in [-0.05, 0) is 51.5 Å². The Kier molecular flexibility index (Phi) is 7.36. The number of ether oxygens (including phenoxy) is 1. The van der Waals surface area contributed by atoms with Crippen molar-refractivity contribution >= 4 is 28.3 Å². The predicted molar refractivity (Wildman–Crippen MR) is 108 cm³/mol. The molecule has 27 heavy (non-hydrogen) atoms. The number of carbonyl (C=O) groups excluding carboxylic acids is 2. The zero-order valence-electron chi connectivity index (χ0n) is 16.3. The van der Waals surface area contributed by atoms with Crippen LogP contribution in [-0.2, 0) is 4.79 Å². The normalized spacial score (nSPS) is 11.1. The van der Waals surface area contributed by atoms with Gasteiger partial charge < -0.3 is 15.0 Å². The van der Waals surface area contributed by atoms with E-state index in [2.05, 4.69) is 17.2 Å². The van der Waals surface area contributed by atoms with Crippen LogP contribution in [0, 0.1) is 0 Å². The third kappa shape index (κ3) is 6.36. The number of carbonyl (C=O) groups is 2. The molecule has 7 heteroatoms. The summed E-state index contributed by atoms with van der Waals surface area (Å²) in [7, 11) is 0. The standard InChI is InChI=1S/C20H27N3O3S/c1-5-6-12-26-16-9-7-15(8-10-16)18(25)23(20(2,3)4)14-17(24)22-19-21-11-13-27-19/h7-11,13H,5-6,12,14H2,1-4H3,(H,21,22,24). The number of unbranched alkanes of at least 4 members (excludes halogenated alkanes) is 1. The average Bonchev–Trinajstić information content (AvgIpc) is 3.12. The number of anilines is 1. The van der Waals surface area contributed by atoms with Crippen LogP contribution in [0.15, 0.2) is 35.8 Å². The smallest absolute Gasteiger partial charge is 0.254 e. The van der Waals surface area contributed by atoms with E-state index in [0.717, 1.165) is 18.6 Å². The van der Waals surface area contributed by atoms with E-state index in [-0.39, 0.29) is 18.4 Å². The van der Waals surface area contributed by atoms with Crippen molar-refractivity contribution in [1.82, 2.24) is 9.88 Å². The first-order valence-corrected chi connectivity index (χ1v) is 9.93. The molecule has 1 aromatic heterocycles. The van der Waals surface area contributed by atoms with Gasteiger partial charge in [0.15, 0.2) is 5.13 Å². The Bertz CT molecular complexity index is 737. The Morgan fingerprint density at radius 2 is 1.93 bits per heavy atom. The highest BCUT2D eigenvalue weighted by molar-refractivity contribution is 7.13. The Morgan fingerprint density at radius 1 is 1.22 bits per heavy atom. The summed E-state index contributed by atoms with van der Waals surface area (Å²) in [5.41, 5.74) is 0.0166. The van der Waals surface area contributed by atoms with Gasteiger partial charge in [0.25, 0.3) is 5.91 Å². The summed E-state index contributed by atoms with van der Waals surface area (Å²) in [6, 6.07) is 7.06. The number of nitrogens with zero attached hydrogens (tertiary/aromatic N) is 2. The van der Waals surface area contributed by atoms with Crippen LogP contribution in [0.25, 0.3) is 0 Å². The second-order valence-electron chi connectivity index (χ2n) is 7.17. The first-order valence-electron chi connectivity index (χ1n) is 9.05. The molecule has 0 bridgehead atoms. The van der Waals surface area contributed by atoms with Crippen LogP contribution in [0.1, 0.15) is 50.9 Å². The largest absolute Gasteiger partial charge is 0.494 e. The van der Waals surface area contributed by atoms with Gasteiger partial charge in [0, 0.05) is 22.7 Å². The van der Waals surface area contributed by atoms with E-state index in [0.29, 0.717) is 17.3 Å². The van der Waals surface area contributed by atoms with Gasteiger partial charge in [0.2, 0.25) is 5.91 Å². The number of hydrogen-bond acceptors (Lipinski definition) is 5. The van der Waals surface area contributed by atoms with Crippen LogP contribution in [0.3, 0.4) is 0 Å². The van der Waals surface area contributed by atoms with Gasteiger partial charge in [0.1, 0.15) is 12.3 Å². The molecule has 0 saturated carbocycles. The number of hydrogen-bond donors (Lipinski definition) is 1. The van der Waals surface area contributed by atoms with Crippen LogP contribution >= 0.6 is 11.3 Å². The lowest BCUT2D eigenvalue weighted by molar-refractivity contribution is -0.117. The quantitative estimate of drug-likeness (QED) is 0.687. The van der Waals surface area contributed by atoms with E-state index in [4.69, 9.17) is 4.74 Å². The topological polar surface area (TPSA) is 71.5 Å². The van der Waals surface area contributed by atoms with Crippen molar-refractivity contribution in [2.24, 2.45) is 0 Å². The molecule has 0 aliphatic rings. The van der Waals surface area contributed by atoms with E-state index in [9.17, 15) is 9.59 Å². The fraction of sp³-hybridized carbons (Fsp3) is 0.450. The minimum absolute atomic E-state index is 0.0450. The number of aromatic nitrogens is 1. The number of benzene rings is 1. The Morgan fingerprint density at radius 3 is 2.48 bits per heavy atom. The lowest BCUT2D eigenvalue weighted by atomic mass is 10.0. The fourth-order valence-corrected chi connectivity index (χ4v) is 2.93. The summed E-state index contributed by atoms with van der Waals surface area (Å²) in [4.78, 5) is 30.9. The Hall–Kier alpha value is -2.41. The minimum atomic E-state index is -0.506. The molecule has 0 atom stereocenters. The minimum Gasteiger partial charge on any atom is -0.494 e. The summed E-state index contributed by atoms with van der Waals surface area (Å²) in [6.45, 7) is 8.44. The third-order valence-corrected chi connectivity index (χ3v) is 4.59. The average molecular weight is 390 g/mol. The van der Waals surface area contributed by atoms with E-state index in [1.165, 1.54) is 11.3 Å². The monoisotopic (exact) mass is 389 g/mol. The summed E-state index contributed by atoms with van der Waals surface area (Å²) in [5, 5.41) is 5.03. The van der Waals surface area contributed by atoms with Crippen LogP contribution in [0.5, 0.6) is 5.75 Å². The van der Waals surface area contributed by atoms with Gasteiger partial charge in [-0.25, -0.2) is 4.98 Å². The van der Waals surface area contributed by atoms with E-state index >= 15 is 0 Å². The summed E-state index contributed by atoms with van der Waals surface area (Å²) < 4.78 is 5.64. The molecule has 0 fully saturated rings. The highest BCUT2D eigenvalue weighted by Crippen LogP contribution is 2.20. The van der Waals surface area contributed by atoms with Crippen LogP contribution in [0.2, 0.25) is 0 Å². The van der Waals surface area contributed by atoms with Crippen molar-refractivity contribution in [1.29, 1.82) is 0 Å². The molecule has 2 aromatic rings. The second kappa shape index (κ2) is 9.50. The first-order chi connectivity index (χ1) is 12.8. The lowest BCUT2D eigenvalue weighted by Gasteiger charge is -2.35. The van der Waals surface area contributed by atoms with Crippen molar-refractivity contribution in [2.75, 3.05) is 18.5 Å². The Balaban J connectivity index is 2.06. The van der Waals surface area contributed by atoms with E-state index in [1.807, 2.05) is 20.8 Å². The SMILES string of the molecule is CCCCOc1ccc(C(=O)N(CC(=O)Nc2nccs2)C(C)(C)C)cc1. The molecule has 0 radical (unpaired) electrons. The Labute approximate surface area is 164 Å². The molecular weight excluding hydrogens is 362 g/mol.